The molecule has 126 valence electrons. The van der Waals surface area contributed by atoms with Crippen LogP contribution < -0.4 is 4.90 Å². The molecule has 0 aliphatic rings. The predicted molar refractivity (Wildman–Crippen MR) is 96.6 cm³/mol. The van der Waals surface area contributed by atoms with Gasteiger partial charge < -0.3 is 9.80 Å². The van der Waals surface area contributed by atoms with Crippen molar-refractivity contribution in [2.75, 3.05) is 25.5 Å². The average Bonchev–Trinajstić information content (AvgIpc) is 3.00. The lowest BCUT2D eigenvalue weighted by atomic mass is 10.1. The third-order valence-corrected chi connectivity index (χ3v) is 4.22. The second-order valence-electron chi connectivity index (χ2n) is 6.47. The number of nitrogens with one attached hydrogen (secondary N) is 1. The Morgan fingerprint density at radius 2 is 1.96 bits per heavy atom. The molecule has 0 atom stereocenters. The van der Waals surface area contributed by atoms with Gasteiger partial charge in [0.1, 0.15) is 5.82 Å². The van der Waals surface area contributed by atoms with Crippen molar-refractivity contribution < 1.29 is 0 Å². The van der Waals surface area contributed by atoms with E-state index in [1.165, 1.54) is 18.4 Å². The van der Waals surface area contributed by atoms with Crippen LogP contribution in [0, 0.1) is 0 Å². The minimum Gasteiger partial charge on any atom is -0.357 e. The zero-order chi connectivity index (χ0) is 16.8. The highest BCUT2D eigenvalue weighted by Gasteiger charge is 2.12. The third-order valence-electron chi connectivity index (χ3n) is 4.22. The molecule has 2 aromatic rings. The molecule has 2 rings (SSSR count). The predicted octanol–water partition coefficient (Wildman–Crippen LogP) is 3.55. The van der Waals surface area contributed by atoms with E-state index in [9.17, 15) is 0 Å². The lowest BCUT2D eigenvalue weighted by Crippen LogP contribution is -2.26. The lowest BCUT2D eigenvalue weighted by Gasteiger charge is -2.22. The number of rotatable bonds is 8. The number of anilines is 1. The molecule has 0 amide bonds. The van der Waals surface area contributed by atoms with Crippen molar-refractivity contribution in [1.29, 1.82) is 0 Å². The van der Waals surface area contributed by atoms with Crippen LogP contribution in [0.2, 0.25) is 0 Å². The van der Waals surface area contributed by atoms with Crippen LogP contribution >= 0.6 is 0 Å². The number of H-pyrrole nitrogens is 1. The van der Waals surface area contributed by atoms with Crippen LogP contribution in [0.1, 0.15) is 39.2 Å². The summed E-state index contributed by atoms with van der Waals surface area (Å²) >= 11 is 0. The Morgan fingerprint density at radius 1 is 1.17 bits per heavy atom. The zero-order valence-corrected chi connectivity index (χ0v) is 15.0. The first-order chi connectivity index (χ1) is 11.0. The van der Waals surface area contributed by atoms with E-state index in [4.69, 9.17) is 0 Å². The van der Waals surface area contributed by atoms with Crippen LogP contribution in [-0.2, 0) is 6.54 Å². The van der Waals surface area contributed by atoms with Gasteiger partial charge in [-0.3, -0.25) is 5.10 Å². The van der Waals surface area contributed by atoms with E-state index in [2.05, 4.69) is 72.0 Å². The van der Waals surface area contributed by atoms with Crippen LogP contribution in [0.15, 0.2) is 24.5 Å². The van der Waals surface area contributed by atoms with Crippen LogP contribution in [0.25, 0.3) is 11.3 Å². The quantitative estimate of drug-likeness (QED) is 0.809. The van der Waals surface area contributed by atoms with Crippen molar-refractivity contribution in [3.05, 3.63) is 30.1 Å². The Labute approximate surface area is 139 Å². The smallest absolute Gasteiger partial charge is 0.128 e. The molecule has 5 heteroatoms. The molecule has 0 radical (unpaired) electrons. The van der Waals surface area contributed by atoms with Crippen molar-refractivity contribution in [1.82, 2.24) is 20.1 Å². The first kappa shape index (κ1) is 17.5. The molecule has 0 aliphatic heterocycles. The minimum absolute atomic E-state index is 0.434. The molecule has 0 saturated carbocycles. The van der Waals surface area contributed by atoms with Crippen molar-refractivity contribution >= 4 is 5.82 Å². The first-order valence-corrected chi connectivity index (χ1v) is 8.43. The molecule has 2 aromatic heterocycles. The standard InChI is InChI=1S/C18H29N5/c1-6-7-10-22(4)13-16-12-20-21-18(16)15-8-9-17(19-11-15)23(5)14(2)3/h8-9,11-12,14H,6-7,10,13H2,1-5H3,(H,20,21). The highest BCUT2D eigenvalue weighted by atomic mass is 15.2. The van der Waals surface area contributed by atoms with Crippen molar-refractivity contribution in [3.8, 4) is 11.3 Å². The number of pyridine rings is 1. The van der Waals surface area contributed by atoms with E-state index < -0.39 is 0 Å². The average molecular weight is 315 g/mol. The van der Waals surface area contributed by atoms with E-state index in [0.29, 0.717) is 6.04 Å². The van der Waals surface area contributed by atoms with E-state index in [-0.39, 0.29) is 0 Å². The van der Waals surface area contributed by atoms with Gasteiger partial charge in [-0.1, -0.05) is 13.3 Å². The van der Waals surface area contributed by atoms with E-state index in [1.54, 1.807) is 0 Å². The summed E-state index contributed by atoms with van der Waals surface area (Å²) in [5, 5.41) is 7.35. The molecule has 0 bridgehead atoms. The fraction of sp³-hybridized carbons (Fsp3) is 0.556. The second-order valence-corrected chi connectivity index (χ2v) is 6.47. The summed E-state index contributed by atoms with van der Waals surface area (Å²) in [6, 6.07) is 4.62. The van der Waals surface area contributed by atoms with Gasteiger partial charge in [-0.15, -0.1) is 0 Å². The van der Waals surface area contributed by atoms with E-state index in [1.807, 2.05) is 12.4 Å². The summed E-state index contributed by atoms with van der Waals surface area (Å²) in [6.07, 6.45) is 6.29. The molecule has 0 aromatic carbocycles. The summed E-state index contributed by atoms with van der Waals surface area (Å²) in [4.78, 5) is 9.09. The molecular weight excluding hydrogens is 286 g/mol. The van der Waals surface area contributed by atoms with Gasteiger partial charge in [-0.25, -0.2) is 4.98 Å². The van der Waals surface area contributed by atoms with Crippen LogP contribution in [-0.4, -0.2) is 46.8 Å². The number of aromatic nitrogens is 3. The minimum atomic E-state index is 0.434. The molecule has 0 aliphatic carbocycles. The Morgan fingerprint density at radius 3 is 2.57 bits per heavy atom. The topological polar surface area (TPSA) is 48.1 Å². The fourth-order valence-electron chi connectivity index (χ4n) is 2.49. The van der Waals surface area contributed by atoms with Crippen molar-refractivity contribution in [2.24, 2.45) is 0 Å². The third kappa shape index (κ3) is 4.55. The zero-order valence-electron chi connectivity index (χ0n) is 15.0. The monoisotopic (exact) mass is 315 g/mol. The maximum Gasteiger partial charge on any atom is 0.128 e. The molecule has 0 spiro atoms. The SMILES string of the molecule is CCCCN(C)Cc1cn[nH]c1-c1ccc(N(C)C(C)C)nc1. The lowest BCUT2D eigenvalue weighted by molar-refractivity contribution is 0.321. The molecule has 0 unspecified atom stereocenters. The maximum atomic E-state index is 4.59. The first-order valence-electron chi connectivity index (χ1n) is 8.43. The molecule has 2 heterocycles. The fourth-order valence-corrected chi connectivity index (χ4v) is 2.49. The second kappa shape index (κ2) is 8.11. The maximum absolute atomic E-state index is 4.59. The van der Waals surface area contributed by atoms with Crippen LogP contribution in [0.3, 0.4) is 0 Å². The Hall–Kier alpha value is -1.88. The Kier molecular flexibility index (Phi) is 6.16. The Balaban J connectivity index is 2.12. The summed E-state index contributed by atoms with van der Waals surface area (Å²) in [5.74, 6) is 0.991. The number of hydrogen-bond donors (Lipinski definition) is 1. The molecule has 1 N–H and O–H groups in total. The largest absolute Gasteiger partial charge is 0.357 e. The highest BCUT2D eigenvalue weighted by molar-refractivity contribution is 5.63. The number of nitrogens with zero attached hydrogens (tertiary/aromatic N) is 4. The van der Waals surface area contributed by atoms with Gasteiger partial charge >= 0.3 is 0 Å². The van der Waals surface area contributed by atoms with Gasteiger partial charge in [-0.2, -0.15) is 5.10 Å². The van der Waals surface area contributed by atoms with Crippen LogP contribution in [0.4, 0.5) is 5.82 Å². The number of hydrogen-bond acceptors (Lipinski definition) is 4. The molecular formula is C18H29N5. The van der Waals surface area contributed by atoms with Gasteiger partial charge in [0.05, 0.1) is 11.9 Å². The number of aromatic amines is 1. The molecule has 23 heavy (non-hydrogen) atoms. The van der Waals surface area contributed by atoms with Gasteiger partial charge in [0.2, 0.25) is 0 Å². The summed E-state index contributed by atoms with van der Waals surface area (Å²) in [7, 11) is 4.22. The van der Waals surface area contributed by atoms with E-state index in [0.717, 1.165) is 30.2 Å². The van der Waals surface area contributed by atoms with Gasteiger partial charge in [-0.05, 0) is 46.0 Å². The normalized spacial score (nSPS) is 11.4. The van der Waals surface area contributed by atoms with Crippen LogP contribution in [0.5, 0.6) is 0 Å². The van der Waals surface area contributed by atoms with Crippen molar-refractivity contribution in [2.45, 2.75) is 46.2 Å². The van der Waals surface area contributed by atoms with Gasteiger partial charge in [0, 0.05) is 37.0 Å². The summed E-state index contributed by atoms with van der Waals surface area (Å²) in [6.45, 7) is 8.55. The molecule has 0 fully saturated rings. The van der Waals surface area contributed by atoms with E-state index >= 15 is 0 Å². The van der Waals surface area contributed by atoms with Crippen molar-refractivity contribution in [3.63, 3.8) is 0 Å². The summed E-state index contributed by atoms with van der Waals surface area (Å²) in [5.41, 5.74) is 3.37. The molecule has 0 saturated heterocycles. The van der Waals surface area contributed by atoms with Gasteiger partial charge in [0.15, 0.2) is 0 Å². The molecule has 5 nitrogen and oxygen atoms in total. The highest BCUT2D eigenvalue weighted by Crippen LogP contribution is 2.23. The number of unbranched alkanes of at least 4 members (excludes halogenated alkanes) is 1. The Bertz CT molecular complexity index is 588. The van der Waals surface area contributed by atoms with Gasteiger partial charge in [0.25, 0.3) is 0 Å². The summed E-state index contributed by atoms with van der Waals surface area (Å²) < 4.78 is 0.